The summed E-state index contributed by atoms with van der Waals surface area (Å²) in [6, 6.07) is 9.54. The number of esters is 1. The highest BCUT2D eigenvalue weighted by Gasteiger charge is 2.53. The van der Waals surface area contributed by atoms with Crippen LogP contribution in [-0.4, -0.2) is 146 Å². The molecule has 3 aliphatic heterocycles. The van der Waals surface area contributed by atoms with Crippen LogP contribution in [0.3, 0.4) is 0 Å². The van der Waals surface area contributed by atoms with E-state index in [0.717, 1.165) is 5.56 Å². The van der Waals surface area contributed by atoms with Crippen molar-refractivity contribution < 1.29 is 63.9 Å². The Labute approximate surface area is 339 Å². The zero-order valence-electron chi connectivity index (χ0n) is 36.1. The Morgan fingerprint density at radius 2 is 1.49 bits per heavy atom. The van der Waals surface area contributed by atoms with Crippen molar-refractivity contribution in [1.29, 1.82) is 0 Å². The molecule has 3 saturated heterocycles. The van der Waals surface area contributed by atoms with Crippen molar-refractivity contribution in [3.8, 4) is 0 Å². The van der Waals surface area contributed by atoms with Crippen molar-refractivity contribution >= 4 is 5.97 Å². The summed E-state index contributed by atoms with van der Waals surface area (Å²) in [5.41, 5.74) is -3.69. The number of carbonyl (C=O) groups is 1. The molecule has 6 N–H and O–H groups in total. The molecule has 0 saturated carbocycles. The summed E-state index contributed by atoms with van der Waals surface area (Å²) in [4.78, 5) is 16.3. The summed E-state index contributed by atoms with van der Waals surface area (Å²) in [7, 11) is 3.43. The van der Waals surface area contributed by atoms with Crippen LogP contribution in [0, 0.1) is 23.7 Å². The number of carbonyl (C=O) groups excluding carboxylic acids is 1. The van der Waals surface area contributed by atoms with Gasteiger partial charge in [0.2, 0.25) is 0 Å². The van der Waals surface area contributed by atoms with Crippen molar-refractivity contribution in [2.24, 2.45) is 23.7 Å². The van der Waals surface area contributed by atoms with E-state index in [-0.39, 0.29) is 31.4 Å². The lowest BCUT2D eigenvalue weighted by Gasteiger charge is -2.49. The van der Waals surface area contributed by atoms with Gasteiger partial charge in [0, 0.05) is 38.0 Å². The molecule has 0 aromatic heterocycles. The Bertz CT molecular complexity index is 1420. The Balaban J connectivity index is 1.79. The number of rotatable bonds is 9. The van der Waals surface area contributed by atoms with Gasteiger partial charge < -0.3 is 59.1 Å². The summed E-state index contributed by atoms with van der Waals surface area (Å²) >= 11 is 0. The number of methoxy groups -OCH3 is 1. The monoisotopic (exact) mass is 812 g/mol. The largest absolute Gasteiger partial charge is 0.459 e. The predicted molar refractivity (Wildman–Crippen MR) is 211 cm³/mol. The number of ether oxygens (including phenoxy) is 6. The van der Waals surface area contributed by atoms with E-state index in [1.54, 1.807) is 55.4 Å². The van der Waals surface area contributed by atoms with Crippen molar-refractivity contribution in [2.75, 3.05) is 14.2 Å². The summed E-state index contributed by atoms with van der Waals surface area (Å²) < 4.78 is 37.7. The average Bonchev–Trinajstić information content (AvgIpc) is 3.16. The average molecular weight is 812 g/mol. The molecule has 3 aliphatic rings. The second kappa shape index (κ2) is 19.3. The van der Waals surface area contributed by atoms with Gasteiger partial charge in [-0.25, -0.2) is 0 Å². The third kappa shape index (κ3) is 10.8. The fourth-order valence-electron chi connectivity index (χ4n) is 9.50. The normalized spacial score (nSPS) is 47.0. The van der Waals surface area contributed by atoms with E-state index in [0.29, 0.717) is 13.0 Å². The van der Waals surface area contributed by atoms with Gasteiger partial charge in [0.15, 0.2) is 12.6 Å². The number of hydrogen-bond acceptors (Lipinski definition) is 14. The van der Waals surface area contributed by atoms with E-state index in [1.807, 2.05) is 44.3 Å². The van der Waals surface area contributed by atoms with Crippen LogP contribution in [-0.2, 0) is 39.8 Å². The molecule has 0 amide bonds. The fourth-order valence-corrected chi connectivity index (χ4v) is 9.50. The van der Waals surface area contributed by atoms with Crippen LogP contribution in [0.25, 0.3) is 0 Å². The zero-order chi connectivity index (χ0) is 42.8. The summed E-state index contributed by atoms with van der Waals surface area (Å²) in [5, 5.41) is 70.3. The van der Waals surface area contributed by atoms with Crippen molar-refractivity contribution in [3.63, 3.8) is 0 Å². The maximum Gasteiger partial charge on any atom is 0.311 e. The van der Waals surface area contributed by atoms with Gasteiger partial charge in [-0.15, -0.1) is 0 Å². The minimum Gasteiger partial charge on any atom is -0.459 e. The SMILES string of the molecule is CC[C@H]1OC(=O)[C@H](C)[C@@H](O[C@H]2C[C@@](C)(OC)[C@@H](O)[C@H](C)O2)[C@H](C)[C@@H](O[C@H]2O[C@@H](C)C[C@@H](N(C)Cc3ccccc3)[C@@H]2O)[C@](C)(O)C[C@@H](C)[C@H](O)[C@H](C)[C@@H](O)[C@]1(C)O. The molecule has 14 heteroatoms. The lowest BCUT2D eigenvalue weighted by atomic mass is 9.73. The molecule has 0 spiro atoms. The first kappa shape index (κ1) is 47.9. The van der Waals surface area contributed by atoms with Gasteiger partial charge in [-0.2, -0.15) is 0 Å². The smallest absolute Gasteiger partial charge is 0.311 e. The van der Waals surface area contributed by atoms with Crippen LogP contribution >= 0.6 is 0 Å². The Morgan fingerprint density at radius 1 is 0.860 bits per heavy atom. The van der Waals surface area contributed by atoms with E-state index in [4.69, 9.17) is 28.4 Å². The summed E-state index contributed by atoms with van der Waals surface area (Å²) in [5.74, 6) is -4.19. The third-order valence-corrected chi connectivity index (χ3v) is 13.2. The van der Waals surface area contributed by atoms with E-state index >= 15 is 0 Å². The van der Waals surface area contributed by atoms with Crippen LogP contribution in [0.1, 0.15) is 100 Å². The second-order valence-corrected chi connectivity index (χ2v) is 18.1. The van der Waals surface area contributed by atoms with E-state index in [9.17, 15) is 35.4 Å². The van der Waals surface area contributed by atoms with Crippen LogP contribution in [0.15, 0.2) is 30.3 Å². The van der Waals surface area contributed by atoms with Gasteiger partial charge in [-0.1, -0.05) is 58.0 Å². The van der Waals surface area contributed by atoms with Gasteiger partial charge in [0.25, 0.3) is 0 Å². The maximum atomic E-state index is 14.2. The minimum atomic E-state index is -1.95. The second-order valence-electron chi connectivity index (χ2n) is 18.1. The lowest BCUT2D eigenvalue weighted by molar-refractivity contribution is -0.319. The number of nitrogens with zero attached hydrogens (tertiary/aromatic N) is 1. The molecule has 19 atom stereocenters. The fraction of sp³-hybridized carbons (Fsp3) is 0.837. The number of hydrogen-bond donors (Lipinski definition) is 6. The standard InChI is InChI=1S/C43H73NO13/c1-13-31-43(10,51)36(47)25(4)33(45)23(2)20-41(8,50)38(57-40-34(46)30(19-24(3)53-40)44(11)22-29-17-15-14-16-18-29)26(5)35(27(6)39(49)55-31)56-32-21-42(9,52-12)37(48)28(7)54-32/h14-18,23-28,30-38,40,45-48,50-51H,13,19-22H2,1-12H3/t23-,24+,25+,26+,27-,28+,30-,31-,32+,33+,34+,35+,36-,37+,38-,40-,41-,42-,43-/m1/s1. The third-order valence-electron chi connectivity index (χ3n) is 13.2. The van der Waals surface area contributed by atoms with Crippen LogP contribution in [0.5, 0.6) is 0 Å². The first-order chi connectivity index (χ1) is 26.5. The van der Waals surface area contributed by atoms with Crippen molar-refractivity contribution in [1.82, 2.24) is 4.90 Å². The highest BCUT2D eigenvalue weighted by atomic mass is 16.7. The van der Waals surface area contributed by atoms with Crippen LogP contribution in [0.2, 0.25) is 0 Å². The molecular weight excluding hydrogens is 738 g/mol. The number of likely N-dealkylation sites (N-methyl/N-ethyl adjacent to an activating group) is 1. The van der Waals surface area contributed by atoms with Crippen molar-refractivity contribution in [2.45, 2.75) is 192 Å². The van der Waals surface area contributed by atoms with E-state index in [1.165, 1.54) is 14.0 Å². The Hall–Kier alpha value is -1.79. The molecule has 14 nitrogen and oxygen atoms in total. The lowest BCUT2D eigenvalue weighted by Crippen LogP contribution is -2.61. The molecule has 3 fully saturated rings. The van der Waals surface area contributed by atoms with Gasteiger partial charge in [-0.05, 0) is 79.3 Å². The number of aliphatic hydroxyl groups is 6. The van der Waals surface area contributed by atoms with Gasteiger partial charge >= 0.3 is 5.97 Å². The molecule has 0 radical (unpaired) electrons. The van der Waals surface area contributed by atoms with E-state index in [2.05, 4.69) is 4.90 Å². The highest BCUT2D eigenvalue weighted by Crippen LogP contribution is 2.41. The summed E-state index contributed by atoms with van der Waals surface area (Å²) in [6.45, 7) is 17.3. The van der Waals surface area contributed by atoms with Gasteiger partial charge in [0.05, 0.1) is 53.7 Å². The Morgan fingerprint density at radius 3 is 2.09 bits per heavy atom. The minimum absolute atomic E-state index is 0.0499. The Kier molecular flexibility index (Phi) is 16.2. The molecule has 3 heterocycles. The molecule has 1 aromatic carbocycles. The first-order valence-electron chi connectivity index (χ1n) is 20.8. The highest BCUT2D eigenvalue weighted by molar-refractivity contribution is 5.73. The topological polar surface area (TPSA) is 197 Å². The molecule has 328 valence electrons. The molecule has 57 heavy (non-hydrogen) atoms. The molecule has 4 rings (SSSR count). The molecule has 0 unspecified atom stereocenters. The summed E-state index contributed by atoms with van der Waals surface area (Å²) in [6.07, 6.45) is -10.8. The number of benzene rings is 1. The quantitative estimate of drug-likeness (QED) is 0.199. The number of aliphatic hydroxyl groups excluding tert-OH is 4. The van der Waals surface area contributed by atoms with Gasteiger partial charge in [0.1, 0.15) is 23.9 Å². The predicted octanol–water partition coefficient (Wildman–Crippen LogP) is 3.15. The molecule has 0 aliphatic carbocycles. The maximum absolute atomic E-state index is 14.2. The van der Waals surface area contributed by atoms with E-state index < -0.39 is 108 Å². The number of cyclic esters (lactones) is 1. The van der Waals surface area contributed by atoms with Crippen LogP contribution < -0.4 is 0 Å². The molecular formula is C43H73NO13. The first-order valence-corrected chi connectivity index (χ1v) is 20.8. The van der Waals surface area contributed by atoms with Gasteiger partial charge in [-0.3, -0.25) is 9.69 Å². The van der Waals surface area contributed by atoms with Crippen molar-refractivity contribution in [3.05, 3.63) is 35.9 Å². The van der Waals surface area contributed by atoms with Crippen LogP contribution in [0.4, 0.5) is 0 Å². The molecule has 1 aromatic rings. The molecule has 0 bridgehead atoms. The zero-order valence-corrected chi connectivity index (χ0v) is 36.1.